The molecule has 0 atom stereocenters. The lowest BCUT2D eigenvalue weighted by molar-refractivity contribution is 0.844. The average molecular weight is 256 g/mol. The van der Waals surface area contributed by atoms with Crippen molar-refractivity contribution >= 4 is 0 Å². The van der Waals surface area contributed by atoms with Crippen molar-refractivity contribution in [2.24, 2.45) is 5.73 Å². The summed E-state index contributed by atoms with van der Waals surface area (Å²) in [5, 5.41) is 0. The van der Waals surface area contributed by atoms with Crippen LogP contribution in [0, 0.1) is 0 Å². The molecule has 2 heterocycles. The molecule has 0 saturated heterocycles. The van der Waals surface area contributed by atoms with E-state index >= 15 is 0 Å². The van der Waals surface area contributed by atoms with Crippen LogP contribution in [0.4, 0.5) is 0 Å². The minimum absolute atomic E-state index is 0.637. The summed E-state index contributed by atoms with van der Waals surface area (Å²) in [5.41, 5.74) is 10.2. The van der Waals surface area contributed by atoms with Crippen molar-refractivity contribution in [1.29, 1.82) is 0 Å². The molecule has 0 radical (unpaired) electrons. The van der Waals surface area contributed by atoms with Gasteiger partial charge in [-0.05, 0) is 43.5 Å². The predicted octanol–water partition coefficient (Wildman–Crippen LogP) is 2.16. The van der Waals surface area contributed by atoms with Gasteiger partial charge in [-0.3, -0.25) is 4.98 Å². The van der Waals surface area contributed by atoms with E-state index in [9.17, 15) is 0 Å². The van der Waals surface area contributed by atoms with Crippen molar-refractivity contribution in [3.05, 3.63) is 41.5 Å². The average Bonchev–Trinajstić information content (AvgIpc) is 2.48. The molecule has 19 heavy (non-hydrogen) atoms. The van der Waals surface area contributed by atoms with Crippen LogP contribution in [0.3, 0.4) is 0 Å². The van der Waals surface area contributed by atoms with E-state index in [2.05, 4.69) is 18.8 Å². The minimum atomic E-state index is 0.637. The van der Waals surface area contributed by atoms with Crippen LogP contribution < -0.4 is 5.73 Å². The normalized spacial score (nSPS) is 10.7. The number of pyridine rings is 1. The predicted molar refractivity (Wildman–Crippen MR) is 76.8 cm³/mol. The quantitative estimate of drug-likeness (QED) is 0.890. The van der Waals surface area contributed by atoms with Crippen LogP contribution in [0.2, 0.25) is 0 Å². The fourth-order valence-electron chi connectivity index (χ4n) is 2.23. The highest BCUT2D eigenvalue weighted by Crippen LogP contribution is 2.20. The standard InChI is InChI=1S/C15H20N4/c1-3-13-12(5-8-16)14(4-2)19-15(18-13)11-6-9-17-10-7-11/h6-7,9-10H,3-5,8,16H2,1-2H3. The molecule has 0 amide bonds. The van der Waals surface area contributed by atoms with Gasteiger partial charge in [0.15, 0.2) is 5.82 Å². The Labute approximate surface area is 114 Å². The summed E-state index contributed by atoms with van der Waals surface area (Å²) < 4.78 is 0. The van der Waals surface area contributed by atoms with Gasteiger partial charge in [-0.2, -0.15) is 0 Å². The zero-order valence-corrected chi connectivity index (χ0v) is 11.6. The molecule has 0 saturated carbocycles. The Morgan fingerprint density at radius 2 is 1.58 bits per heavy atom. The number of nitrogens with two attached hydrogens (primary N) is 1. The van der Waals surface area contributed by atoms with Crippen molar-refractivity contribution in [3.8, 4) is 11.4 Å². The fourth-order valence-corrected chi connectivity index (χ4v) is 2.23. The third kappa shape index (κ3) is 2.96. The van der Waals surface area contributed by atoms with Crippen molar-refractivity contribution in [2.45, 2.75) is 33.1 Å². The number of nitrogens with zero attached hydrogens (tertiary/aromatic N) is 3. The summed E-state index contributed by atoms with van der Waals surface area (Å²) in [4.78, 5) is 13.4. The molecule has 0 fully saturated rings. The van der Waals surface area contributed by atoms with Crippen LogP contribution >= 0.6 is 0 Å². The molecule has 0 aliphatic rings. The molecule has 2 rings (SSSR count). The Hall–Kier alpha value is -1.81. The molecule has 0 spiro atoms. The molecular weight excluding hydrogens is 236 g/mol. The second-order valence-electron chi connectivity index (χ2n) is 4.40. The van der Waals surface area contributed by atoms with Crippen LogP contribution in [0.25, 0.3) is 11.4 Å². The number of rotatable bonds is 5. The fraction of sp³-hybridized carbons (Fsp3) is 0.400. The van der Waals surface area contributed by atoms with Gasteiger partial charge in [0.1, 0.15) is 0 Å². The van der Waals surface area contributed by atoms with E-state index in [4.69, 9.17) is 15.7 Å². The van der Waals surface area contributed by atoms with Gasteiger partial charge in [0.2, 0.25) is 0 Å². The monoisotopic (exact) mass is 256 g/mol. The first-order chi connectivity index (χ1) is 9.30. The first-order valence-corrected chi connectivity index (χ1v) is 6.79. The molecule has 0 unspecified atom stereocenters. The Morgan fingerprint density at radius 3 is 2.05 bits per heavy atom. The molecule has 4 heteroatoms. The second-order valence-corrected chi connectivity index (χ2v) is 4.40. The van der Waals surface area contributed by atoms with Crippen LogP contribution in [0.1, 0.15) is 30.8 Å². The van der Waals surface area contributed by atoms with E-state index in [0.717, 1.165) is 42.0 Å². The van der Waals surface area contributed by atoms with Gasteiger partial charge >= 0.3 is 0 Å². The minimum Gasteiger partial charge on any atom is -0.330 e. The summed E-state index contributed by atoms with van der Waals surface area (Å²) in [6.07, 6.45) is 6.20. The zero-order valence-electron chi connectivity index (χ0n) is 11.6. The number of hydrogen-bond acceptors (Lipinski definition) is 4. The lowest BCUT2D eigenvalue weighted by Gasteiger charge is -2.13. The molecule has 2 aromatic heterocycles. The summed E-state index contributed by atoms with van der Waals surface area (Å²) in [6.45, 7) is 4.88. The smallest absolute Gasteiger partial charge is 0.159 e. The van der Waals surface area contributed by atoms with Crippen molar-refractivity contribution in [2.75, 3.05) is 6.54 Å². The van der Waals surface area contributed by atoms with Gasteiger partial charge < -0.3 is 5.73 Å². The Kier molecular flexibility index (Phi) is 4.58. The molecule has 2 N–H and O–H groups in total. The maximum Gasteiger partial charge on any atom is 0.159 e. The summed E-state index contributed by atoms with van der Waals surface area (Å²) in [7, 11) is 0. The highest BCUT2D eigenvalue weighted by molar-refractivity contribution is 5.54. The molecule has 100 valence electrons. The molecular formula is C15H20N4. The lowest BCUT2D eigenvalue weighted by atomic mass is 10.0. The third-order valence-electron chi connectivity index (χ3n) is 3.18. The van der Waals surface area contributed by atoms with E-state index < -0.39 is 0 Å². The number of aromatic nitrogens is 3. The van der Waals surface area contributed by atoms with Crippen molar-refractivity contribution in [3.63, 3.8) is 0 Å². The maximum atomic E-state index is 5.69. The van der Waals surface area contributed by atoms with Gasteiger partial charge in [0, 0.05) is 29.3 Å². The van der Waals surface area contributed by atoms with Crippen LogP contribution in [0.5, 0.6) is 0 Å². The van der Waals surface area contributed by atoms with Crippen molar-refractivity contribution in [1.82, 2.24) is 15.0 Å². The topological polar surface area (TPSA) is 64.7 Å². The Bertz CT molecular complexity index is 512. The lowest BCUT2D eigenvalue weighted by Crippen LogP contribution is -2.12. The van der Waals surface area contributed by atoms with Crippen LogP contribution in [-0.4, -0.2) is 21.5 Å². The SMILES string of the molecule is CCc1nc(-c2ccncc2)nc(CC)c1CCN. The summed E-state index contributed by atoms with van der Waals surface area (Å²) in [6, 6.07) is 3.88. The van der Waals surface area contributed by atoms with Gasteiger partial charge in [0.25, 0.3) is 0 Å². The van der Waals surface area contributed by atoms with E-state index in [0.29, 0.717) is 6.54 Å². The van der Waals surface area contributed by atoms with Gasteiger partial charge in [0.05, 0.1) is 0 Å². The molecule has 0 aliphatic carbocycles. The Balaban J connectivity index is 2.53. The largest absolute Gasteiger partial charge is 0.330 e. The first kappa shape index (κ1) is 13.6. The summed E-state index contributed by atoms with van der Waals surface area (Å²) >= 11 is 0. The molecule has 2 aromatic rings. The third-order valence-corrected chi connectivity index (χ3v) is 3.18. The van der Waals surface area contributed by atoms with E-state index in [1.807, 2.05) is 12.1 Å². The number of hydrogen-bond donors (Lipinski definition) is 1. The van der Waals surface area contributed by atoms with Gasteiger partial charge in [-0.15, -0.1) is 0 Å². The summed E-state index contributed by atoms with van der Waals surface area (Å²) in [5.74, 6) is 0.789. The molecule has 0 aromatic carbocycles. The van der Waals surface area contributed by atoms with Gasteiger partial charge in [-0.25, -0.2) is 9.97 Å². The molecule has 0 bridgehead atoms. The van der Waals surface area contributed by atoms with E-state index in [1.165, 1.54) is 5.56 Å². The highest BCUT2D eigenvalue weighted by Gasteiger charge is 2.12. The van der Waals surface area contributed by atoms with Crippen molar-refractivity contribution < 1.29 is 0 Å². The number of aryl methyl sites for hydroxylation is 2. The second kappa shape index (κ2) is 6.38. The van der Waals surface area contributed by atoms with E-state index in [1.54, 1.807) is 12.4 Å². The zero-order chi connectivity index (χ0) is 13.7. The molecule has 0 aliphatic heterocycles. The van der Waals surface area contributed by atoms with E-state index in [-0.39, 0.29) is 0 Å². The Morgan fingerprint density at radius 1 is 1.00 bits per heavy atom. The van der Waals surface area contributed by atoms with Gasteiger partial charge in [-0.1, -0.05) is 13.8 Å². The van der Waals surface area contributed by atoms with Crippen LogP contribution in [-0.2, 0) is 19.3 Å². The maximum absolute atomic E-state index is 5.69. The first-order valence-electron chi connectivity index (χ1n) is 6.79. The highest BCUT2D eigenvalue weighted by atomic mass is 14.9. The molecule has 4 nitrogen and oxygen atoms in total. The van der Waals surface area contributed by atoms with Crippen LogP contribution in [0.15, 0.2) is 24.5 Å².